The molecule has 1 fully saturated rings. The fourth-order valence-corrected chi connectivity index (χ4v) is 3.05. The molecule has 1 aliphatic carbocycles. The van der Waals surface area contributed by atoms with Gasteiger partial charge in [-0.05, 0) is 31.0 Å². The number of aromatic nitrogens is 3. The minimum Gasteiger partial charge on any atom is -0.355 e. The van der Waals surface area contributed by atoms with Gasteiger partial charge in [-0.25, -0.2) is 9.78 Å². The fraction of sp³-hybridized carbons (Fsp3) is 0.211. The van der Waals surface area contributed by atoms with Crippen molar-refractivity contribution in [3.63, 3.8) is 0 Å². The number of anilines is 1. The smallest absolute Gasteiger partial charge is 0.330 e. The lowest BCUT2D eigenvalue weighted by molar-refractivity contribution is 0.0964. The van der Waals surface area contributed by atoms with Crippen molar-refractivity contribution in [2.75, 3.05) is 12.4 Å². The Labute approximate surface area is 158 Å². The third kappa shape index (κ3) is 3.07. The van der Waals surface area contributed by atoms with Crippen LogP contribution in [0.4, 0.5) is 5.69 Å². The molecule has 0 atom stereocenters. The number of pyridine rings is 1. The molecule has 1 saturated carbocycles. The lowest BCUT2D eigenvalue weighted by atomic mass is 10.1. The average Bonchev–Trinajstić information content (AvgIpc) is 3.52. The van der Waals surface area contributed by atoms with Gasteiger partial charge in [-0.2, -0.15) is 0 Å². The molecule has 0 bridgehead atoms. The van der Waals surface area contributed by atoms with Crippen LogP contribution in [-0.2, 0) is 0 Å². The maximum absolute atomic E-state index is 12.7. The quantitative estimate of drug-likeness (QED) is 0.624. The summed E-state index contributed by atoms with van der Waals surface area (Å²) in [7, 11) is 1.50. The molecule has 3 aromatic rings. The minimum absolute atomic E-state index is 0.0264. The van der Waals surface area contributed by atoms with E-state index < -0.39 is 17.2 Å². The molecule has 1 aliphatic rings. The van der Waals surface area contributed by atoms with E-state index in [-0.39, 0.29) is 28.5 Å². The SMILES string of the molecule is CNC(=O)c1ccccc1NC(=O)c1cnc2c(c1)c(=O)[nH]c(=O)n2C1CC1. The topological polar surface area (TPSA) is 126 Å². The third-order valence-corrected chi connectivity index (χ3v) is 4.60. The third-order valence-electron chi connectivity index (χ3n) is 4.60. The molecule has 0 saturated heterocycles. The molecule has 0 unspecified atom stereocenters. The first-order valence-corrected chi connectivity index (χ1v) is 8.76. The van der Waals surface area contributed by atoms with Gasteiger partial charge in [0.25, 0.3) is 17.4 Å². The zero-order valence-electron chi connectivity index (χ0n) is 15.0. The number of rotatable bonds is 4. The highest BCUT2D eigenvalue weighted by Gasteiger charge is 2.28. The number of amides is 2. The molecule has 9 nitrogen and oxygen atoms in total. The van der Waals surface area contributed by atoms with E-state index in [1.54, 1.807) is 24.3 Å². The van der Waals surface area contributed by atoms with Gasteiger partial charge in [0.1, 0.15) is 5.65 Å². The number of fused-ring (bicyclic) bond motifs is 1. The Hall–Kier alpha value is -3.75. The van der Waals surface area contributed by atoms with E-state index in [0.717, 1.165) is 12.8 Å². The fourth-order valence-electron chi connectivity index (χ4n) is 3.05. The number of aromatic amines is 1. The molecular weight excluding hydrogens is 362 g/mol. The van der Waals surface area contributed by atoms with Crippen LogP contribution in [0.15, 0.2) is 46.1 Å². The zero-order valence-corrected chi connectivity index (χ0v) is 15.0. The van der Waals surface area contributed by atoms with Crippen LogP contribution in [0.5, 0.6) is 0 Å². The number of hydrogen-bond acceptors (Lipinski definition) is 5. The summed E-state index contributed by atoms with van der Waals surface area (Å²) in [5.74, 6) is -0.855. The lowest BCUT2D eigenvalue weighted by Gasteiger charge is -2.11. The second-order valence-electron chi connectivity index (χ2n) is 6.53. The average molecular weight is 379 g/mol. The van der Waals surface area contributed by atoms with Gasteiger partial charge in [-0.15, -0.1) is 0 Å². The highest BCUT2D eigenvalue weighted by Crippen LogP contribution is 2.34. The molecule has 0 spiro atoms. The Balaban J connectivity index is 1.73. The monoisotopic (exact) mass is 379 g/mol. The Morgan fingerprint density at radius 3 is 2.64 bits per heavy atom. The van der Waals surface area contributed by atoms with Crippen molar-refractivity contribution in [3.05, 3.63) is 68.5 Å². The molecule has 1 aromatic carbocycles. The second-order valence-corrected chi connectivity index (χ2v) is 6.53. The number of para-hydroxylation sites is 1. The normalized spacial score (nSPS) is 13.3. The molecule has 2 amide bonds. The number of nitrogens with one attached hydrogen (secondary N) is 3. The first-order valence-electron chi connectivity index (χ1n) is 8.76. The maximum Gasteiger partial charge on any atom is 0.330 e. The summed E-state index contributed by atoms with van der Waals surface area (Å²) in [6.07, 6.45) is 3.01. The number of benzene rings is 1. The van der Waals surface area contributed by atoms with Gasteiger partial charge >= 0.3 is 5.69 Å². The minimum atomic E-state index is -0.593. The number of hydrogen-bond donors (Lipinski definition) is 3. The molecule has 28 heavy (non-hydrogen) atoms. The van der Waals surface area contributed by atoms with E-state index in [4.69, 9.17) is 0 Å². The van der Waals surface area contributed by atoms with Crippen molar-refractivity contribution in [1.82, 2.24) is 19.9 Å². The van der Waals surface area contributed by atoms with Crippen molar-refractivity contribution < 1.29 is 9.59 Å². The van der Waals surface area contributed by atoms with Crippen LogP contribution in [-0.4, -0.2) is 33.4 Å². The number of carbonyl (C=O) groups excluding carboxylic acids is 2. The van der Waals surface area contributed by atoms with E-state index in [9.17, 15) is 19.2 Å². The Morgan fingerprint density at radius 1 is 1.18 bits per heavy atom. The van der Waals surface area contributed by atoms with E-state index in [2.05, 4.69) is 20.6 Å². The summed E-state index contributed by atoms with van der Waals surface area (Å²) < 4.78 is 1.46. The van der Waals surface area contributed by atoms with Crippen molar-refractivity contribution in [1.29, 1.82) is 0 Å². The number of carbonyl (C=O) groups is 2. The van der Waals surface area contributed by atoms with Crippen LogP contribution in [0.2, 0.25) is 0 Å². The summed E-state index contributed by atoms with van der Waals surface area (Å²) in [4.78, 5) is 55.4. The molecule has 142 valence electrons. The number of nitrogens with zero attached hydrogens (tertiary/aromatic N) is 2. The van der Waals surface area contributed by atoms with Crippen molar-refractivity contribution in [3.8, 4) is 0 Å². The first kappa shape index (κ1) is 17.7. The van der Waals surface area contributed by atoms with Crippen LogP contribution in [0.25, 0.3) is 11.0 Å². The van der Waals surface area contributed by atoms with E-state index in [1.807, 2.05) is 0 Å². The number of H-pyrrole nitrogens is 1. The van der Waals surface area contributed by atoms with Crippen LogP contribution in [0.1, 0.15) is 39.6 Å². The van der Waals surface area contributed by atoms with Gasteiger partial charge in [0, 0.05) is 19.3 Å². The molecule has 2 aromatic heterocycles. The Kier molecular flexibility index (Phi) is 4.26. The van der Waals surface area contributed by atoms with Gasteiger partial charge in [-0.1, -0.05) is 12.1 Å². The van der Waals surface area contributed by atoms with Crippen molar-refractivity contribution in [2.45, 2.75) is 18.9 Å². The largest absolute Gasteiger partial charge is 0.355 e. The van der Waals surface area contributed by atoms with Gasteiger partial charge < -0.3 is 10.6 Å². The van der Waals surface area contributed by atoms with Crippen molar-refractivity contribution >= 4 is 28.5 Å². The van der Waals surface area contributed by atoms with Gasteiger partial charge in [0.05, 0.1) is 22.2 Å². The Morgan fingerprint density at radius 2 is 1.93 bits per heavy atom. The van der Waals surface area contributed by atoms with Crippen LogP contribution in [0.3, 0.4) is 0 Å². The molecule has 0 aliphatic heterocycles. The first-order chi connectivity index (χ1) is 13.5. The molecule has 4 rings (SSSR count). The Bertz CT molecular complexity index is 1220. The molecule has 9 heteroatoms. The van der Waals surface area contributed by atoms with Crippen LogP contribution in [0, 0.1) is 0 Å². The van der Waals surface area contributed by atoms with E-state index in [0.29, 0.717) is 11.3 Å². The van der Waals surface area contributed by atoms with E-state index in [1.165, 1.54) is 23.9 Å². The molecule has 3 N–H and O–H groups in total. The summed E-state index contributed by atoms with van der Waals surface area (Å²) in [6, 6.07) is 8.00. The second kappa shape index (κ2) is 6.76. The molecule has 2 heterocycles. The zero-order chi connectivity index (χ0) is 19.8. The van der Waals surface area contributed by atoms with Gasteiger partial charge in [-0.3, -0.25) is 23.9 Å². The summed E-state index contributed by atoms with van der Waals surface area (Å²) in [5, 5.41) is 5.35. The predicted octanol–water partition coefficient (Wildman–Crippen LogP) is 1.03. The van der Waals surface area contributed by atoms with Crippen LogP contribution < -0.4 is 21.9 Å². The predicted molar refractivity (Wildman–Crippen MR) is 103 cm³/mol. The van der Waals surface area contributed by atoms with Gasteiger partial charge in [0.2, 0.25) is 0 Å². The lowest BCUT2D eigenvalue weighted by Crippen LogP contribution is -2.30. The summed E-state index contributed by atoms with van der Waals surface area (Å²) in [5.41, 5.74) is -0.0328. The molecule has 0 radical (unpaired) electrons. The van der Waals surface area contributed by atoms with E-state index >= 15 is 0 Å². The highest BCUT2D eigenvalue weighted by molar-refractivity contribution is 6.09. The van der Waals surface area contributed by atoms with Gasteiger partial charge in [0.15, 0.2) is 0 Å². The molecular formula is C19H17N5O4. The van der Waals surface area contributed by atoms with Crippen LogP contribution >= 0.6 is 0 Å². The highest BCUT2D eigenvalue weighted by atomic mass is 16.2. The summed E-state index contributed by atoms with van der Waals surface area (Å²) >= 11 is 0. The maximum atomic E-state index is 12.7. The standard InChI is InChI=1S/C19H17N5O4/c1-20-17(26)12-4-2-3-5-14(12)22-16(25)10-8-13-15(21-9-10)24(11-6-7-11)19(28)23-18(13)27/h2-5,8-9,11H,6-7H2,1H3,(H,20,26)(H,22,25)(H,23,27,28). The van der Waals surface area contributed by atoms with Crippen molar-refractivity contribution in [2.24, 2.45) is 0 Å². The summed E-state index contributed by atoms with van der Waals surface area (Å²) in [6.45, 7) is 0.